The van der Waals surface area contributed by atoms with Crippen molar-refractivity contribution >= 4 is 29.0 Å². The summed E-state index contributed by atoms with van der Waals surface area (Å²) in [5.74, 6) is -3.33. The topological polar surface area (TPSA) is 145 Å². The number of nitrogens with zero attached hydrogens (tertiary/aromatic N) is 1. The van der Waals surface area contributed by atoms with E-state index >= 15 is 0 Å². The Labute approximate surface area is 195 Å². The number of hydrogen-bond donors (Lipinski definition) is 4. The van der Waals surface area contributed by atoms with E-state index in [9.17, 15) is 41.2 Å². The molecular formula is C19H27BF3N3O7S. The Hall–Kier alpha value is -2.20. The lowest BCUT2D eigenvalue weighted by Crippen LogP contribution is -2.56. The highest BCUT2D eigenvalue weighted by Gasteiger charge is 2.48. The van der Waals surface area contributed by atoms with Gasteiger partial charge in [0.1, 0.15) is 6.04 Å². The van der Waals surface area contributed by atoms with Gasteiger partial charge in [-0.3, -0.25) is 9.59 Å². The van der Waals surface area contributed by atoms with Crippen LogP contribution in [0.1, 0.15) is 24.8 Å². The van der Waals surface area contributed by atoms with Crippen molar-refractivity contribution in [2.24, 2.45) is 0 Å². The summed E-state index contributed by atoms with van der Waals surface area (Å²) < 4.78 is 68.2. The molecule has 0 spiro atoms. The quantitative estimate of drug-likeness (QED) is 0.296. The number of amides is 2. The number of ether oxygens (including phenoxy) is 1. The minimum atomic E-state index is -5.96. The van der Waals surface area contributed by atoms with Crippen molar-refractivity contribution in [3.8, 4) is 0 Å². The summed E-state index contributed by atoms with van der Waals surface area (Å²) in [4.78, 5) is 26.4. The van der Waals surface area contributed by atoms with Crippen LogP contribution in [0.5, 0.6) is 0 Å². The van der Waals surface area contributed by atoms with E-state index in [0.29, 0.717) is 12.8 Å². The number of nitrogens with one attached hydrogen (secondary N) is 2. The van der Waals surface area contributed by atoms with Crippen LogP contribution in [-0.2, 0) is 30.8 Å². The van der Waals surface area contributed by atoms with E-state index in [1.165, 1.54) is 9.62 Å². The van der Waals surface area contributed by atoms with Crippen LogP contribution in [0.3, 0.4) is 0 Å². The molecule has 1 saturated heterocycles. The van der Waals surface area contributed by atoms with Gasteiger partial charge in [-0.1, -0.05) is 30.3 Å². The minimum absolute atomic E-state index is 0.0362. The summed E-state index contributed by atoms with van der Waals surface area (Å²) in [7, 11) is -8.02. The molecule has 0 aromatic heterocycles. The number of carbonyl (C=O) groups is 2. The number of benzene rings is 1. The number of morpholine rings is 1. The van der Waals surface area contributed by atoms with E-state index in [4.69, 9.17) is 4.74 Å². The lowest BCUT2D eigenvalue weighted by atomic mass is 9.76. The maximum Gasteiger partial charge on any atom is 0.511 e. The molecular weight excluding hydrogens is 482 g/mol. The fourth-order valence-electron chi connectivity index (χ4n) is 3.31. The third kappa shape index (κ3) is 8.54. The normalized spacial score (nSPS) is 16.6. The monoisotopic (exact) mass is 509 g/mol. The van der Waals surface area contributed by atoms with Gasteiger partial charge in [-0.25, -0.2) is 8.42 Å². The van der Waals surface area contributed by atoms with E-state index < -0.39 is 52.9 Å². The van der Waals surface area contributed by atoms with Gasteiger partial charge in [0.05, 0.1) is 25.6 Å². The predicted molar refractivity (Wildman–Crippen MR) is 115 cm³/mol. The molecule has 15 heteroatoms. The van der Waals surface area contributed by atoms with E-state index in [0.717, 1.165) is 5.56 Å². The molecule has 0 bridgehead atoms. The Morgan fingerprint density at radius 1 is 1.15 bits per heavy atom. The molecule has 1 heterocycles. The van der Waals surface area contributed by atoms with E-state index in [1.807, 2.05) is 30.3 Å². The molecule has 2 rings (SSSR count). The Morgan fingerprint density at radius 2 is 1.76 bits per heavy atom. The van der Waals surface area contributed by atoms with Crippen molar-refractivity contribution in [1.29, 1.82) is 0 Å². The van der Waals surface area contributed by atoms with Gasteiger partial charge in [0.25, 0.3) is 0 Å². The molecule has 1 aliphatic heterocycles. The van der Waals surface area contributed by atoms with E-state index in [1.54, 1.807) is 0 Å². The number of rotatable bonds is 11. The van der Waals surface area contributed by atoms with Crippen LogP contribution in [-0.4, -0.2) is 86.1 Å². The highest BCUT2D eigenvalue weighted by Crippen LogP contribution is 2.22. The number of alkyl halides is 3. The summed E-state index contributed by atoms with van der Waals surface area (Å²) in [5, 5.41) is 21.4. The first-order chi connectivity index (χ1) is 15.9. The molecule has 4 N–H and O–H groups in total. The van der Waals surface area contributed by atoms with Gasteiger partial charge in [-0.2, -0.15) is 17.9 Å². The molecule has 0 radical (unpaired) electrons. The fraction of sp³-hybridized carbons (Fsp3) is 0.579. The van der Waals surface area contributed by atoms with Gasteiger partial charge in [-0.15, -0.1) is 0 Å². The number of halogens is 3. The molecule has 10 nitrogen and oxygen atoms in total. The highest BCUT2D eigenvalue weighted by atomic mass is 32.2. The highest BCUT2D eigenvalue weighted by molar-refractivity contribution is 7.90. The zero-order valence-corrected chi connectivity index (χ0v) is 19.0. The van der Waals surface area contributed by atoms with Gasteiger partial charge in [-0.05, 0) is 24.8 Å². The second-order valence-electron chi connectivity index (χ2n) is 7.72. The lowest BCUT2D eigenvalue weighted by molar-refractivity contribution is -0.138. The van der Waals surface area contributed by atoms with Crippen LogP contribution in [0.2, 0.25) is 0 Å². The average Bonchev–Trinajstić information content (AvgIpc) is 2.78. The smallest absolute Gasteiger partial charge is 0.426 e. The summed E-state index contributed by atoms with van der Waals surface area (Å²) >= 11 is 0. The Balaban J connectivity index is 2.09. The largest absolute Gasteiger partial charge is 0.511 e. The molecule has 0 saturated carbocycles. The molecule has 1 fully saturated rings. The molecule has 1 aromatic rings. The summed E-state index contributed by atoms with van der Waals surface area (Å²) in [5.41, 5.74) is -4.76. The first-order valence-corrected chi connectivity index (χ1v) is 12.0. The molecule has 1 aromatic carbocycles. The van der Waals surface area contributed by atoms with Crippen LogP contribution >= 0.6 is 0 Å². The molecule has 2 amide bonds. The van der Waals surface area contributed by atoms with Gasteiger partial charge < -0.3 is 25.0 Å². The fourth-order valence-corrected chi connectivity index (χ4v) is 4.01. The van der Waals surface area contributed by atoms with E-state index in [-0.39, 0.29) is 32.7 Å². The van der Waals surface area contributed by atoms with Crippen molar-refractivity contribution in [3.05, 3.63) is 35.9 Å². The number of sulfonamides is 1. The summed E-state index contributed by atoms with van der Waals surface area (Å²) in [6, 6.07) is 7.04. The van der Waals surface area contributed by atoms with Crippen LogP contribution in [0, 0.1) is 0 Å². The molecule has 190 valence electrons. The number of hydrogen-bond acceptors (Lipinski definition) is 7. The van der Waals surface area contributed by atoms with Crippen molar-refractivity contribution in [2.75, 3.05) is 26.3 Å². The third-order valence-corrected chi connectivity index (χ3v) is 6.38. The van der Waals surface area contributed by atoms with Gasteiger partial charge >= 0.3 is 22.7 Å². The van der Waals surface area contributed by atoms with Crippen molar-refractivity contribution < 1.29 is 46.0 Å². The standard InChI is InChI=1S/C19H27BF3N3O7S/c21-19(22,23)34(31,32)25-15(13-17(27)26-9-11-33-12-10-26)18(28)24-16(20(29)30)8-4-7-14-5-2-1-3-6-14/h1-3,5-6,15-16,25,29-30H,4,7-13H2,(H,24,28)/t15-,16+/m1/s1. The third-order valence-electron chi connectivity index (χ3n) is 5.17. The second-order valence-corrected chi connectivity index (χ2v) is 9.43. The SMILES string of the molecule is O=C(N[C@@H](CCCc1ccccc1)B(O)O)[C@@H](CC(=O)N1CCOCC1)NS(=O)(=O)C(F)(F)F. The minimum Gasteiger partial charge on any atom is -0.426 e. The zero-order chi connectivity index (χ0) is 25.4. The van der Waals surface area contributed by atoms with Crippen molar-refractivity contribution in [1.82, 2.24) is 14.9 Å². The Bertz CT molecular complexity index is 913. The first kappa shape index (κ1) is 28.0. The first-order valence-electron chi connectivity index (χ1n) is 10.6. The van der Waals surface area contributed by atoms with Gasteiger partial charge in [0, 0.05) is 13.1 Å². The number of aryl methyl sites for hydroxylation is 1. The van der Waals surface area contributed by atoms with Crippen LogP contribution in [0.25, 0.3) is 0 Å². The van der Waals surface area contributed by atoms with Gasteiger partial charge in [0.15, 0.2) is 0 Å². The molecule has 0 aliphatic carbocycles. The molecule has 34 heavy (non-hydrogen) atoms. The van der Waals surface area contributed by atoms with Crippen LogP contribution in [0.4, 0.5) is 13.2 Å². The van der Waals surface area contributed by atoms with E-state index in [2.05, 4.69) is 5.32 Å². The molecule has 0 unspecified atom stereocenters. The maximum absolute atomic E-state index is 12.9. The zero-order valence-electron chi connectivity index (χ0n) is 18.2. The lowest BCUT2D eigenvalue weighted by Gasteiger charge is -2.29. The summed E-state index contributed by atoms with van der Waals surface area (Å²) in [6.07, 6.45) is 0.0612. The molecule has 1 aliphatic rings. The summed E-state index contributed by atoms with van der Waals surface area (Å²) in [6.45, 7) is 0.654. The maximum atomic E-state index is 12.9. The second kappa shape index (κ2) is 12.5. The van der Waals surface area contributed by atoms with Crippen molar-refractivity contribution in [3.63, 3.8) is 0 Å². The molecule has 2 atom stereocenters. The Kier molecular flexibility index (Phi) is 10.3. The number of carbonyl (C=O) groups excluding carboxylic acids is 2. The average molecular weight is 509 g/mol. The van der Waals surface area contributed by atoms with Crippen molar-refractivity contribution in [2.45, 2.75) is 43.2 Å². The van der Waals surface area contributed by atoms with Crippen LogP contribution in [0.15, 0.2) is 30.3 Å². The predicted octanol–water partition coefficient (Wildman–Crippen LogP) is -0.437. The van der Waals surface area contributed by atoms with Gasteiger partial charge in [0.2, 0.25) is 11.8 Å². The van der Waals surface area contributed by atoms with Crippen LogP contribution < -0.4 is 10.0 Å². The Morgan fingerprint density at radius 3 is 2.32 bits per heavy atom.